The summed E-state index contributed by atoms with van der Waals surface area (Å²) in [6, 6.07) is 3.92. The second-order valence-electron chi connectivity index (χ2n) is 7.00. The molecule has 0 aromatic heterocycles. The average Bonchev–Trinajstić information content (AvgIpc) is 2.84. The first-order valence-corrected chi connectivity index (χ1v) is 7.75. The summed E-state index contributed by atoms with van der Waals surface area (Å²) in [6.45, 7) is 12.4. The molecule has 2 atom stereocenters. The predicted octanol–water partition coefficient (Wildman–Crippen LogP) is 5.13. The molecule has 2 nitrogen and oxygen atoms in total. The number of carbonyl (C=O) groups excluding carboxylic acids is 1. The highest BCUT2D eigenvalue weighted by atomic mass is 35.5. The SMILES string of the molecule is CC(C)=C[C@H]1[C@H](C(=O)Nc2c(C)cc(C)cc2Cl)C1(C)C. The van der Waals surface area contributed by atoms with Crippen LogP contribution < -0.4 is 5.32 Å². The summed E-state index contributed by atoms with van der Waals surface area (Å²) in [5.74, 6) is 0.396. The van der Waals surface area contributed by atoms with Gasteiger partial charge in [-0.2, -0.15) is 0 Å². The Bertz CT molecular complexity index is 589. The van der Waals surface area contributed by atoms with Crippen molar-refractivity contribution in [3.05, 3.63) is 39.9 Å². The van der Waals surface area contributed by atoms with Crippen molar-refractivity contribution in [3.8, 4) is 0 Å². The van der Waals surface area contributed by atoms with Gasteiger partial charge in [0.15, 0.2) is 0 Å². The lowest BCUT2D eigenvalue weighted by molar-refractivity contribution is -0.118. The fourth-order valence-corrected chi connectivity index (χ4v) is 3.49. The third-order valence-corrected chi connectivity index (χ3v) is 4.68. The standard InChI is InChI=1S/C18H24ClNO/c1-10(2)7-13-15(18(13,5)6)17(21)20-16-12(4)8-11(3)9-14(16)19/h7-9,13,15H,1-6H3,(H,20,21)/t13-,15+/m0/s1. The van der Waals surface area contributed by atoms with E-state index in [1.54, 1.807) is 0 Å². The van der Waals surface area contributed by atoms with Crippen molar-refractivity contribution >= 4 is 23.2 Å². The predicted molar refractivity (Wildman–Crippen MR) is 89.7 cm³/mol. The smallest absolute Gasteiger partial charge is 0.228 e. The fraction of sp³-hybridized carbons (Fsp3) is 0.500. The van der Waals surface area contributed by atoms with Gasteiger partial charge in [-0.3, -0.25) is 4.79 Å². The number of allylic oxidation sites excluding steroid dienone is 2. The van der Waals surface area contributed by atoms with Gasteiger partial charge in [-0.25, -0.2) is 0 Å². The Morgan fingerprint density at radius 1 is 1.29 bits per heavy atom. The van der Waals surface area contributed by atoms with Crippen molar-refractivity contribution < 1.29 is 4.79 Å². The summed E-state index contributed by atoms with van der Waals surface area (Å²) in [4.78, 5) is 12.6. The van der Waals surface area contributed by atoms with E-state index in [0.29, 0.717) is 10.9 Å². The minimum Gasteiger partial charge on any atom is -0.324 e. The summed E-state index contributed by atoms with van der Waals surface area (Å²) in [5.41, 5.74) is 4.13. The monoisotopic (exact) mass is 305 g/mol. The number of rotatable bonds is 3. The number of nitrogens with one attached hydrogen (secondary N) is 1. The minimum atomic E-state index is 0.0177. The molecule has 21 heavy (non-hydrogen) atoms. The molecule has 0 heterocycles. The van der Waals surface area contributed by atoms with Gasteiger partial charge >= 0.3 is 0 Å². The molecule has 1 aromatic rings. The second kappa shape index (κ2) is 5.49. The summed E-state index contributed by atoms with van der Waals surface area (Å²) in [7, 11) is 0. The van der Waals surface area contributed by atoms with Crippen LogP contribution in [0, 0.1) is 31.1 Å². The van der Waals surface area contributed by atoms with E-state index in [-0.39, 0.29) is 17.2 Å². The van der Waals surface area contributed by atoms with Gasteiger partial charge in [0.25, 0.3) is 0 Å². The molecule has 1 N–H and O–H groups in total. The normalized spacial score (nSPS) is 22.6. The highest BCUT2D eigenvalue weighted by Gasteiger charge is 2.60. The summed E-state index contributed by atoms with van der Waals surface area (Å²) in [6.07, 6.45) is 2.20. The first-order valence-electron chi connectivity index (χ1n) is 7.37. The van der Waals surface area contributed by atoms with Crippen LogP contribution >= 0.6 is 11.6 Å². The third kappa shape index (κ3) is 3.16. The van der Waals surface area contributed by atoms with Crippen molar-refractivity contribution in [1.29, 1.82) is 0 Å². The van der Waals surface area contributed by atoms with Gasteiger partial charge in [-0.1, -0.05) is 43.2 Å². The number of hydrogen-bond donors (Lipinski definition) is 1. The maximum atomic E-state index is 12.6. The van der Waals surface area contributed by atoms with Crippen molar-refractivity contribution in [1.82, 2.24) is 0 Å². The van der Waals surface area contributed by atoms with Crippen LogP contribution in [0.3, 0.4) is 0 Å². The van der Waals surface area contributed by atoms with Crippen LogP contribution in [0.4, 0.5) is 5.69 Å². The molecule has 0 saturated heterocycles. The minimum absolute atomic E-state index is 0.0177. The highest BCUT2D eigenvalue weighted by molar-refractivity contribution is 6.34. The molecule has 0 bridgehead atoms. The Morgan fingerprint density at radius 2 is 1.90 bits per heavy atom. The molecule has 0 aliphatic heterocycles. The molecule has 3 heteroatoms. The Hall–Kier alpha value is -1.28. The number of aryl methyl sites for hydroxylation is 2. The van der Waals surface area contributed by atoms with Crippen LogP contribution in [0.15, 0.2) is 23.8 Å². The maximum Gasteiger partial charge on any atom is 0.228 e. The van der Waals surface area contributed by atoms with Crippen molar-refractivity contribution in [2.24, 2.45) is 17.3 Å². The van der Waals surface area contributed by atoms with Crippen molar-refractivity contribution in [2.75, 3.05) is 5.32 Å². The van der Waals surface area contributed by atoms with Crippen LogP contribution in [-0.2, 0) is 4.79 Å². The van der Waals surface area contributed by atoms with E-state index in [1.165, 1.54) is 5.57 Å². The molecular formula is C18H24ClNO. The van der Waals surface area contributed by atoms with E-state index in [2.05, 4.69) is 39.1 Å². The first kappa shape index (κ1) is 16.1. The number of benzene rings is 1. The lowest BCUT2D eigenvalue weighted by Crippen LogP contribution is -2.18. The average molecular weight is 306 g/mol. The zero-order valence-electron chi connectivity index (χ0n) is 13.7. The van der Waals surface area contributed by atoms with Crippen LogP contribution in [-0.4, -0.2) is 5.91 Å². The van der Waals surface area contributed by atoms with Crippen molar-refractivity contribution in [2.45, 2.75) is 41.5 Å². The molecule has 2 rings (SSSR count). The summed E-state index contributed by atoms with van der Waals surface area (Å²) >= 11 is 6.27. The van der Waals surface area contributed by atoms with E-state index in [1.807, 2.05) is 26.0 Å². The number of halogens is 1. The highest BCUT2D eigenvalue weighted by Crippen LogP contribution is 2.59. The number of hydrogen-bond acceptors (Lipinski definition) is 1. The van der Waals surface area contributed by atoms with E-state index in [4.69, 9.17) is 11.6 Å². The zero-order valence-corrected chi connectivity index (χ0v) is 14.4. The quantitative estimate of drug-likeness (QED) is 0.770. The topological polar surface area (TPSA) is 29.1 Å². The Kier molecular flexibility index (Phi) is 4.21. The molecule has 1 fully saturated rings. The fourth-order valence-electron chi connectivity index (χ4n) is 3.12. The molecule has 0 radical (unpaired) electrons. The third-order valence-electron chi connectivity index (χ3n) is 4.39. The van der Waals surface area contributed by atoms with Crippen molar-refractivity contribution in [3.63, 3.8) is 0 Å². The van der Waals surface area contributed by atoms with Crippen LogP contribution in [0.5, 0.6) is 0 Å². The molecule has 1 aromatic carbocycles. The van der Waals surface area contributed by atoms with E-state index in [0.717, 1.165) is 16.8 Å². The van der Waals surface area contributed by atoms with Crippen LogP contribution in [0.1, 0.15) is 38.8 Å². The summed E-state index contributed by atoms with van der Waals surface area (Å²) < 4.78 is 0. The molecule has 0 unspecified atom stereocenters. The van der Waals surface area contributed by atoms with Gasteiger partial charge in [0.05, 0.1) is 16.6 Å². The Balaban J connectivity index is 2.19. The van der Waals surface area contributed by atoms with Gasteiger partial charge in [0.2, 0.25) is 5.91 Å². The van der Waals surface area contributed by atoms with Gasteiger partial charge < -0.3 is 5.32 Å². The maximum absolute atomic E-state index is 12.6. The lowest BCUT2D eigenvalue weighted by atomic mass is 10.1. The van der Waals surface area contributed by atoms with Gasteiger partial charge in [-0.15, -0.1) is 0 Å². The molecule has 1 amide bonds. The largest absolute Gasteiger partial charge is 0.324 e. The second-order valence-corrected chi connectivity index (χ2v) is 7.40. The lowest BCUT2D eigenvalue weighted by Gasteiger charge is -2.12. The molecule has 1 saturated carbocycles. The zero-order chi connectivity index (χ0) is 15.9. The molecule has 1 aliphatic rings. The van der Waals surface area contributed by atoms with Crippen LogP contribution in [0.25, 0.3) is 0 Å². The molecule has 114 valence electrons. The first-order chi connectivity index (χ1) is 9.64. The summed E-state index contributed by atoms with van der Waals surface area (Å²) in [5, 5.41) is 3.64. The Labute approximate surface area is 132 Å². The molecule has 0 spiro atoms. The van der Waals surface area contributed by atoms with Gasteiger partial charge in [-0.05, 0) is 56.2 Å². The number of amides is 1. The van der Waals surface area contributed by atoms with Gasteiger partial charge in [0, 0.05) is 0 Å². The Morgan fingerprint density at radius 3 is 2.43 bits per heavy atom. The van der Waals surface area contributed by atoms with Crippen LogP contribution in [0.2, 0.25) is 5.02 Å². The molecule has 1 aliphatic carbocycles. The van der Waals surface area contributed by atoms with E-state index >= 15 is 0 Å². The molecular weight excluding hydrogens is 282 g/mol. The van der Waals surface area contributed by atoms with E-state index < -0.39 is 0 Å². The van der Waals surface area contributed by atoms with Gasteiger partial charge in [0.1, 0.15) is 0 Å². The number of anilines is 1. The van der Waals surface area contributed by atoms with E-state index in [9.17, 15) is 4.79 Å². The number of carbonyl (C=O) groups is 1.